The first-order valence-corrected chi connectivity index (χ1v) is 9.39. The molecular weight excluding hydrogens is 402 g/mol. The van der Waals surface area contributed by atoms with Gasteiger partial charge in [0.15, 0.2) is 0 Å². The smallest absolute Gasteiger partial charge is 0.347 e. The molecule has 1 saturated heterocycles. The Morgan fingerprint density at radius 2 is 1.89 bits per heavy atom. The van der Waals surface area contributed by atoms with Gasteiger partial charge in [0, 0.05) is 6.54 Å². The maximum absolute atomic E-state index is 13.5. The molecule has 2 atom stereocenters. The number of carbonyl (C=O) groups excluding carboxylic acids is 2. The first-order valence-electron chi connectivity index (χ1n) is 9.01. The van der Waals surface area contributed by atoms with Gasteiger partial charge in [-0.1, -0.05) is 17.7 Å². The summed E-state index contributed by atoms with van der Waals surface area (Å²) in [6, 6.07) is 2.13. The van der Waals surface area contributed by atoms with Gasteiger partial charge in [-0.25, -0.2) is 9.18 Å². The van der Waals surface area contributed by atoms with E-state index in [-0.39, 0.29) is 43.2 Å². The predicted octanol–water partition coefficient (Wildman–Crippen LogP) is 3.69. The van der Waals surface area contributed by atoms with Gasteiger partial charge in [-0.15, -0.1) is 0 Å². The number of hydrogen-bond donors (Lipinski definition) is 3. The van der Waals surface area contributed by atoms with Crippen LogP contribution in [0.15, 0.2) is 18.2 Å². The Balaban J connectivity index is 1.78. The minimum atomic E-state index is -4.23. The van der Waals surface area contributed by atoms with Crippen LogP contribution in [0.1, 0.15) is 37.3 Å². The summed E-state index contributed by atoms with van der Waals surface area (Å²) in [5.41, 5.74) is 0.521. The van der Waals surface area contributed by atoms with E-state index in [1.54, 1.807) is 0 Å². The highest BCUT2D eigenvalue weighted by molar-refractivity contribution is 6.30. The molecule has 0 bridgehead atoms. The third kappa shape index (κ3) is 4.68. The molecule has 3 amide bonds. The van der Waals surface area contributed by atoms with Crippen molar-refractivity contribution in [2.45, 2.75) is 43.9 Å². The van der Waals surface area contributed by atoms with Crippen molar-refractivity contribution in [2.75, 3.05) is 6.54 Å². The van der Waals surface area contributed by atoms with Crippen LogP contribution in [-0.2, 0) is 4.79 Å². The number of nitrogens with one attached hydrogen (secondary N) is 3. The number of halogens is 5. The van der Waals surface area contributed by atoms with Crippen LogP contribution in [0.3, 0.4) is 0 Å². The van der Waals surface area contributed by atoms with Crippen LogP contribution in [0.25, 0.3) is 0 Å². The maximum atomic E-state index is 13.5. The van der Waals surface area contributed by atoms with E-state index >= 15 is 0 Å². The van der Waals surface area contributed by atoms with Crippen molar-refractivity contribution in [2.24, 2.45) is 11.8 Å². The van der Waals surface area contributed by atoms with Gasteiger partial charge in [0.2, 0.25) is 5.91 Å². The fraction of sp³-hybridized carbons (Fsp3) is 0.556. The average molecular weight is 422 g/mol. The lowest BCUT2D eigenvalue weighted by Gasteiger charge is -2.35. The molecule has 0 radical (unpaired) electrons. The molecule has 1 aliphatic heterocycles. The Morgan fingerprint density at radius 3 is 2.43 bits per heavy atom. The van der Waals surface area contributed by atoms with Crippen molar-refractivity contribution < 1.29 is 27.2 Å². The molecule has 1 aromatic carbocycles. The normalized spacial score (nSPS) is 26.3. The molecule has 1 saturated carbocycles. The van der Waals surface area contributed by atoms with Crippen LogP contribution in [0.4, 0.5) is 22.4 Å². The van der Waals surface area contributed by atoms with Crippen LogP contribution < -0.4 is 16.0 Å². The first kappa shape index (κ1) is 20.7. The van der Waals surface area contributed by atoms with Crippen molar-refractivity contribution in [3.63, 3.8) is 0 Å². The molecule has 3 N–H and O–H groups in total. The monoisotopic (exact) mass is 421 g/mol. The van der Waals surface area contributed by atoms with E-state index in [0.29, 0.717) is 5.56 Å². The molecule has 1 heterocycles. The highest BCUT2D eigenvalue weighted by atomic mass is 35.5. The van der Waals surface area contributed by atoms with E-state index in [4.69, 9.17) is 11.6 Å². The van der Waals surface area contributed by atoms with E-state index < -0.39 is 41.9 Å². The molecule has 0 spiro atoms. The Labute approximate surface area is 164 Å². The summed E-state index contributed by atoms with van der Waals surface area (Å²) >= 11 is 5.86. The molecule has 5 nitrogen and oxygen atoms in total. The predicted molar refractivity (Wildman–Crippen MR) is 94.1 cm³/mol. The number of rotatable bonds is 4. The van der Waals surface area contributed by atoms with Gasteiger partial charge in [-0.2, -0.15) is 13.2 Å². The summed E-state index contributed by atoms with van der Waals surface area (Å²) in [4.78, 5) is 23.8. The fourth-order valence-electron chi connectivity index (χ4n) is 3.83. The van der Waals surface area contributed by atoms with Gasteiger partial charge in [0.25, 0.3) is 0 Å². The van der Waals surface area contributed by atoms with E-state index in [1.807, 2.05) is 0 Å². The Kier molecular flexibility index (Phi) is 6.02. The molecule has 1 unspecified atom stereocenters. The molecule has 10 heteroatoms. The average Bonchev–Trinajstić information content (AvgIpc) is 3.08. The molecular formula is C18H20ClF4N3O2. The minimum Gasteiger partial charge on any atom is -0.347 e. The molecule has 154 valence electrons. The summed E-state index contributed by atoms with van der Waals surface area (Å²) in [6.07, 6.45) is -3.77. The standard InChI is InChI=1S/C18H20ClF4N3O2/c19-12-7-10(3-6-13(12)20)15(26-16(27)14-8-24-17(28)25-14)9-1-4-11(5-2-9)18(21,22)23/h3,6-7,9,11,14-15H,1-2,4-5,8H2,(H,26,27)(H2,24,25,28)/t9?,11?,14-,15?/m0/s1. The van der Waals surface area contributed by atoms with Gasteiger partial charge in [-0.3, -0.25) is 4.79 Å². The Morgan fingerprint density at radius 1 is 1.21 bits per heavy atom. The zero-order valence-electron chi connectivity index (χ0n) is 14.8. The molecule has 1 aromatic rings. The van der Waals surface area contributed by atoms with Gasteiger partial charge >= 0.3 is 12.2 Å². The number of urea groups is 1. The molecule has 1 aliphatic carbocycles. The highest BCUT2D eigenvalue weighted by Crippen LogP contribution is 2.43. The lowest BCUT2D eigenvalue weighted by molar-refractivity contribution is -0.184. The molecule has 0 aromatic heterocycles. The first-order chi connectivity index (χ1) is 13.1. The quantitative estimate of drug-likeness (QED) is 0.649. The number of benzene rings is 1. The summed E-state index contributed by atoms with van der Waals surface area (Å²) < 4.78 is 52.4. The second-order valence-electron chi connectivity index (χ2n) is 7.22. The Hall–Kier alpha value is -2.03. The van der Waals surface area contributed by atoms with Gasteiger partial charge in [-0.05, 0) is 49.3 Å². The highest BCUT2D eigenvalue weighted by Gasteiger charge is 2.43. The van der Waals surface area contributed by atoms with E-state index in [9.17, 15) is 27.2 Å². The van der Waals surface area contributed by atoms with Crippen LogP contribution >= 0.6 is 11.6 Å². The largest absolute Gasteiger partial charge is 0.391 e. The molecule has 2 fully saturated rings. The van der Waals surface area contributed by atoms with Gasteiger partial charge < -0.3 is 16.0 Å². The Bertz CT molecular complexity index is 751. The summed E-state index contributed by atoms with van der Waals surface area (Å²) in [6.45, 7) is 0.113. The second-order valence-corrected chi connectivity index (χ2v) is 7.63. The van der Waals surface area contributed by atoms with Crippen molar-refractivity contribution in [1.29, 1.82) is 0 Å². The van der Waals surface area contributed by atoms with Crippen LogP contribution in [-0.4, -0.2) is 30.7 Å². The minimum absolute atomic E-state index is 0.0306. The second kappa shape index (κ2) is 8.14. The summed E-state index contributed by atoms with van der Waals surface area (Å²) in [5, 5.41) is 7.62. The number of carbonyl (C=O) groups is 2. The third-order valence-electron chi connectivity index (χ3n) is 5.40. The molecule has 28 heavy (non-hydrogen) atoms. The molecule has 3 rings (SSSR count). The van der Waals surface area contributed by atoms with Crippen LogP contribution in [0.2, 0.25) is 5.02 Å². The van der Waals surface area contributed by atoms with E-state index in [2.05, 4.69) is 16.0 Å². The van der Waals surface area contributed by atoms with E-state index in [0.717, 1.165) is 6.07 Å². The zero-order valence-corrected chi connectivity index (χ0v) is 15.5. The van der Waals surface area contributed by atoms with Gasteiger partial charge in [0.05, 0.1) is 17.0 Å². The topological polar surface area (TPSA) is 70.2 Å². The fourth-order valence-corrected chi connectivity index (χ4v) is 4.02. The van der Waals surface area contributed by atoms with Crippen molar-refractivity contribution in [3.8, 4) is 0 Å². The molecule has 2 aliphatic rings. The SMILES string of the molecule is O=C1NC[C@@H](C(=O)NC(c2ccc(F)c(Cl)c2)C2CCC(C(F)(F)F)CC2)N1. The van der Waals surface area contributed by atoms with Crippen molar-refractivity contribution >= 4 is 23.5 Å². The third-order valence-corrected chi connectivity index (χ3v) is 5.68. The number of amides is 3. The van der Waals surface area contributed by atoms with Gasteiger partial charge in [0.1, 0.15) is 11.9 Å². The maximum Gasteiger partial charge on any atom is 0.391 e. The van der Waals surface area contributed by atoms with Crippen molar-refractivity contribution in [3.05, 3.63) is 34.6 Å². The summed E-state index contributed by atoms with van der Waals surface area (Å²) in [5.74, 6) is -2.69. The summed E-state index contributed by atoms with van der Waals surface area (Å²) in [7, 11) is 0. The lowest BCUT2D eigenvalue weighted by atomic mass is 9.76. The van der Waals surface area contributed by atoms with Crippen LogP contribution in [0.5, 0.6) is 0 Å². The zero-order chi connectivity index (χ0) is 20.5. The van der Waals surface area contributed by atoms with Crippen LogP contribution in [0, 0.1) is 17.7 Å². The number of alkyl halides is 3. The number of hydrogen-bond acceptors (Lipinski definition) is 2. The lowest BCUT2D eigenvalue weighted by Crippen LogP contribution is -2.46. The van der Waals surface area contributed by atoms with E-state index in [1.165, 1.54) is 12.1 Å². The van der Waals surface area contributed by atoms with Crippen molar-refractivity contribution in [1.82, 2.24) is 16.0 Å².